The molecule has 0 radical (unpaired) electrons. The van der Waals surface area contributed by atoms with Crippen molar-refractivity contribution in [3.05, 3.63) is 22.1 Å². The van der Waals surface area contributed by atoms with Gasteiger partial charge in [0.2, 0.25) is 5.13 Å². The number of hydrogen-bond acceptors (Lipinski definition) is 6. The molecule has 0 aliphatic heterocycles. The van der Waals surface area contributed by atoms with E-state index in [-0.39, 0.29) is 11.6 Å². The number of nitrogens with one attached hydrogen (secondary N) is 1. The van der Waals surface area contributed by atoms with Crippen LogP contribution >= 0.6 is 11.3 Å². The van der Waals surface area contributed by atoms with Crippen molar-refractivity contribution in [1.29, 1.82) is 0 Å². The molecule has 0 aromatic carbocycles. The smallest absolute Gasteiger partial charge is 0.277 e. The monoisotopic (exact) mass is 307 g/mol. The number of anilines is 1. The van der Waals surface area contributed by atoms with E-state index in [0.29, 0.717) is 23.0 Å². The van der Waals surface area contributed by atoms with E-state index in [4.69, 9.17) is 0 Å². The summed E-state index contributed by atoms with van der Waals surface area (Å²) in [7, 11) is 0. The van der Waals surface area contributed by atoms with Crippen LogP contribution in [0.15, 0.2) is 10.9 Å². The molecule has 21 heavy (non-hydrogen) atoms. The molecule has 0 fully saturated rings. The maximum atomic E-state index is 12.5. The highest BCUT2D eigenvalue weighted by molar-refractivity contribution is 7.18. The van der Waals surface area contributed by atoms with Crippen LogP contribution in [-0.2, 0) is 6.54 Å². The lowest BCUT2D eigenvalue weighted by atomic mass is 10.2. The maximum Gasteiger partial charge on any atom is 0.277 e. The van der Waals surface area contributed by atoms with Crippen LogP contribution in [0.2, 0.25) is 0 Å². The van der Waals surface area contributed by atoms with E-state index in [9.17, 15) is 4.79 Å². The van der Waals surface area contributed by atoms with E-state index < -0.39 is 0 Å². The zero-order chi connectivity index (χ0) is 15.6. The fourth-order valence-electron chi connectivity index (χ4n) is 1.93. The van der Waals surface area contributed by atoms with Gasteiger partial charge in [-0.3, -0.25) is 4.79 Å². The van der Waals surface area contributed by atoms with Gasteiger partial charge in [-0.2, -0.15) is 5.10 Å². The van der Waals surface area contributed by atoms with Gasteiger partial charge in [0, 0.05) is 12.6 Å². The largest absolute Gasteiger partial charge is 0.358 e. The van der Waals surface area contributed by atoms with Crippen molar-refractivity contribution in [2.75, 3.05) is 5.32 Å². The highest BCUT2D eigenvalue weighted by Gasteiger charge is 2.14. The predicted octanol–water partition coefficient (Wildman–Crippen LogP) is 2.55. The minimum Gasteiger partial charge on any atom is -0.358 e. The number of hydrogen-bond donors (Lipinski definition) is 1. The third-order valence-electron chi connectivity index (χ3n) is 2.70. The highest BCUT2D eigenvalue weighted by Crippen LogP contribution is 2.24. The lowest BCUT2D eigenvalue weighted by molar-refractivity contribution is 0.461. The first kappa shape index (κ1) is 15.6. The Kier molecular flexibility index (Phi) is 4.72. The average molecular weight is 307 g/mol. The van der Waals surface area contributed by atoms with Gasteiger partial charge in [-0.1, -0.05) is 25.2 Å². The van der Waals surface area contributed by atoms with Crippen LogP contribution in [0, 0.1) is 12.8 Å². The first-order valence-electron chi connectivity index (χ1n) is 7.06. The third-order valence-corrected chi connectivity index (χ3v) is 3.59. The van der Waals surface area contributed by atoms with Gasteiger partial charge in [0.05, 0.1) is 11.3 Å². The summed E-state index contributed by atoms with van der Waals surface area (Å²) < 4.78 is 1.52. The van der Waals surface area contributed by atoms with Crippen LogP contribution in [0.3, 0.4) is 0 Å². The summed E-state index contributed by atoms with van der Waals surface area (Å²) in [5, 5.41) is 17.1. The summed E-state index contributed by atoms with van der Waals surface area (Å²) in [4.78, 5) is 12.5. The SMILES string of the molecule is Cc1cc(-c2nnc(NC(C)C)s2)c(=O)n(CC(C)C)n1. The van der Waals surface area contributed by atoms with Crippen LogP contribution in [0.4, 0.5) is 5.13 Å². The minimum atomic E-state index is -0.110. The van der Waals surface area contributed by atoms with Gasteiger partial charge in [0.1, 0.15) is 0 Å². The quantitative estimate of drug-likeness (QED) is 0.919. The van der Waals surface area contributed by atoms with Gasteiger partial charge in [0.25, 0.3) is 5.56 Å². The second kappa shape index (κ2) is 6.34. The zero-order valence-corrected chi connectivity index (χ0v) is 13.9. The molecule has 0 unspecified atom stereocenters. The van der Waals surface area contributed by atoms with E-state index in [0.717, 1.165) is 10.8 Å². The fraction of sp³-hybridized carbons (Fsp3) is 0.571. The van der Waals surface area contributed by atoms with Crippen LogP contribution in [0.1, 0.15) is 33.4 Å². The standard InChI is InChI=1S/C14H21N5OS/c1-8(2)7-19-13(20)11(6-10(5)18-19)12-16-17-14(21-12)15-9(3)4/h6,8-9H,7H2,1-5H3,(H,15,17). The molecule has 2 rings (SSSR count). The topological polar surface area (TPSA) is 72.7 Å². The van der Waals surface area contributed by atoms with Gasteiger partial charge in [-0.05, 0) is 32.8 Å². The molecule has 6 nitrogen and oxygen atoms in total. The van der Waals surface area contributed by atoms with E-state index in [1.165, 1.54) is 16.0 Å². The van der Waals surface area contributed by atoms with E-state index >= 15 is 0 Å². The van der Waals surface area contributed by atoms with E-state index in [1.807, 2.05) is 20.8 Å². The molecule has 1 N–H and O–H groups in total. The molecule has 2 heterocycles. The van der Waals surface area contributed by atoms with Crippen LogP contribution < -0.4 is 10.9 Å². The molecule has 0 spiro atoms. The Morgan fingerprint density at radius 1 is 1.29 bits per heavy atom. The molecule has 0 saturated carbocycles. The molecule has 0 saturated heterocycles. The summed E-state index contributed by atoms with van der Waals surface area (Å²) in [6.07, 6.45) is 0. The lowest BCUT2D eigenvalue weighted by Crippen LogP contribution is -2.27. The van der Waals surface area contributed by atoms with Gasteiger partial charge in [-0.25, -0.2) is 4.68 Å². The third kappa shape index (κ3) is 3.87. The summed E-state index contributed by atoms with van der Waals surface area (Å²) >= 11 is 1.39. The Morgan fingerprint density at radius 2 is 2.00 bits per heavy atom. The van der Waals surface area contributed by atoms with E-state index in [2.05, 4.69) is 34.5 Å². The molecule has 7 heteroatoms. The Morgan fingerprint density at radius 3 is 2.62 bits per heavy atom. The molecule has 0 amide bonds. The number of aromatic nitrogens is 4. The Hall–Kier alpha value is -1.76. The van der Waals surface area contributed by atoms with Crippen molar-refractivity contribution in [1.82, 2.24) is 20.0 Å². The molecule has 0 aliphatic rings. The molecular weight excluding hydrogens is 286 g/mol. The second-order valence-electron chi connectivity index (χ2n) is 5.79. The molecular formula is C14H21N5OS. The molecule has 2 aromatic rings. The summed E-state index contributed by atoms with van der Waals surface area (Å²) in [5.41, 5.74) is 1.26. The summed E-state index contributed by atoms with van der Waals surface area (Å²) in [6, 6.07) is 2.06. The van der Waals surface area contributed by atoms with Gasteiger partial charge >= 0.3 is 0 Å². The first-order valence-corrected chi connectivity index (χ1v) is 7.87. The van der Waals surface area contributed by atoms with Crippen LogP contribution in [0.25, 0.3) is 10.6 Å². The van der Waals surface area contributed by atoms with Gasteiger partial charge < -0.3 is 5.32 Å². The van der Waals surface area contributed by atoms with Gasteiger partial charge in [0.15, 0.2) is 5.01 Å². The maximum absolute atomic E-state index is 12.5. The normalized spacial score (nSPS) is 11.4. The predicted molar refractivity (Wildman–Crippen MR) is 85.7 cm³/mol. The minimum absolute atomic E-state index is 0.110. The molecule has 0 bridgehead atoms. The molecule has 114 valence electrons. The number of nitrogens with zero attached hydrogens (tertiary/aromatic N) is 4. The lowest BCUT2D eigenvalue weighted by Gasteiger charge is -2.09. The van der Waals surface area contributed by atoms with Crippen molar-refractivity contribution in [3.63, 3.8) is 0 Å². The van der Waals surface area contributed by atoms with Crippen molar-refractivity contribution in [2.24, 2.45) is 5.92 Å². The average Bonchev–Trinajstić information content (AvgIpc) is 2.80. The number of rotatable bonds is 5. The van der Waals surface area contributed by atoms with Crippen molar-refractivity contribution in [3.8, 4) is 10.6 Å². The van der Waals surface area contributed by atoms with Crippen LogP contribution in [0.5, 0.6) is 0 Å². The Bertz CT molecular complexity index is 674. The van der Waals surface area contributed by atoms with E-state index in [1.54, 1.807) is 6.07 Å². The Balaban J connectivity index is 2.41. The van der Waals surface area contributed by atoms with Crippen LogP contribution in [-0.4, -0.2) is 26.0 Å². The summed E-state index contributed by atoms with van der Waals surface area (Å²) in [6.45, 7) is 10.7. The molecule has 0 aliphatic carbocycles. The highest BCUT2D eigenvalue weighted by atomic mass is 32.1. The summed E-state index contributed by atoms with van der Waals surface area (Å²) in [5.74, 6) is 0.359. The molecule has 0 atom stereocenters. The number of aryl methyl sites for hydroxylation is 1. The molecule has 2 aromatic heterocycles. The van der Waals surface area contributed by atoms with Crippen molar-refractivity contribution < 1.29 is 0 Å². The van der Waals surface area contributed by atoms with Gasteiger partial charge in [-0.15, -0.1) is 10.2 Å². The van der Waals surface area contributed by atoms with Crippen molar-refractivity contribution >= 4 is 16.5 Å². The Labute approximate surface area is 128 Å². The fourth-order valence-corrected chi connectivity index (χ4v) is 2.83. The zero-order valence-electron chi connectivity index (χ0n) is 13.0. The first-order chi connectivity index (χ1) is 9.86. The van der Waals surface area contributed by atoms with Crippen molar-refractivity contribution in [2.45, 2.75) is 47.2 Å². The second-order valence-corrected chi connectivity index (χ2v) is 6.77.